The van der Waals surface area contributed by atoms with Gasteiger partial charge in [0.1, 0.15) is 13.2 Å². The Balaban J connectivity index is 3.76. The summed E-state index contributed by atoms with van der Waals surface area (Å²) in [5.74, 6) is -2.58. The summed E-state index contributed by atoms with van der Waals surface area (Å²) in [5, 5.41) is 10.8. The monoisotopic (exact) mass is 257 g/mol. The first-order valence-electron chi connectivity index (χ1n) is 4.90. The van der Waals surface area contributed by atoms with Crippen LogP contribution >= 0.6 is 0 Å². The maximum absolute atomic E-state index is 11.6. The lowest BCUT2D eigenvalue weighted by Gasteiger charge is -2.11. The van der Waals surface area contributed by atoms with Crippen molar-refractivity contribution in [1.82, 2.24) is 5.32 Å². The number of carboxylic acid groups (broad SMARTS) is 1. The summed E-state index contributed by atoms with van der Waals surface area (Å²) in [5.41, 5.74) is 0. The quantitative estimate of drug-likeness (QED) is 0.707. The first-order valence-corrected chi connectivity index (χ1v) is 4.90. The second-order valence-corrected chi connectivity index (χ2v) is 3.36. The summed E-state index contributed by atoms with van der Waals surface area (Å²) < 4.78 is 39.0. The van der Waals surface area contributed by atoms with Crippen molar-refractivity contribution in [3.63, 3.8) is 0 Å². The minimum absolute atomic E-state index is 0.125. The molecule has 0 heterocycles. The van der Waals surface area contributed by atoms with E-state index in [0.717, 1.165) is 0 Å². The van der Waals surface area contributed by atoms with Crippen LogP contribution in [0.3, 0.4) is 0 Å². The maximum atomic E-state index is 11.6. The molecule has 8 heteroatoms. The zero-order valence-electron chi connectivity index (χ0n) is 9.21. The van der Waals surface area contributed by atoms with Gasteiger partial charge in [-0.05, 0) is 6.42 Å². The van der Waals surface area contributed by atoms with Crippen molar-refractivity contribution < 1.29 is 32.6 Å². The molecule has 1 amide bonds. The van der Waals surface area contributed by atoms with Gasteiger partial charge < -0.3 is 15.2 Å². The van der Waals surface area contributed by atoms with E-state index in [4.69, 9.17) is 5.11 Å². The van der Waals surface area contributed by atoms with Crippen molar-refractivity contribution in [2.75, 3.05) is 19.8 Å². The predicted molar refractivity (Wildman–Crippen MR) is 51.3 cm³/mol. The summed E-state index contributed by atoms with van der Waals surface area (Å²) in [6.45, 7) is -0.739. The van der Waals surface area contributed by atoms with E-state index in [0.29, 0.717) is 6.42 Å². The molecule has 0 rings (SSSR count). The van der Waals surface area contributed by atoms with Crippen LogP contribution in [0, 0.1) is 5.92 Å². The Bertz CT molecular complexity index is 267. The van der Waals surface area contributed by atoms with Gasteiger partial charge in [-0.1, -0.05) is 6.92 Å². The van der Waals surface area contributed by atoms with Crippen molar-refractivity contribution in [3.8, 4) is 0 Å². The maximum Gasteiger partial charge on any atom is 0.411 e. The van der Waals surface area contributed by atoms with Crippen LogP contribution in [-0.4, -0.2) is 42.9 Å². The number of ether oxygens (including phenoxy) is 1. The minimum Gasteiger partial charge on any atom is -0.481 e. The van der Waals surface area contributed by atoms with Crippen LogP contribution in [0.1, 0.15) is 13.3 Å². The van der Waals surface area contributed by atoms with Crippen LogP contribution in [0.25, 0.3) is 0 Å². The fraction of sp³-hybridized carbons (Fsp3) is 0.778. The average molecular weight is 257 g/mol. The molecule has 5 nitrogen and oxygen atoms in total. The predicted octanol–water partition coefficient (Wildman–Crippen LogP) is 0.792. The van der Waals surface area contributed by atoms with Gasteiger partial charge in [-0.25, -0.2) is 0 Å². The molecule has 0 aromatic rings. The van der Waals surface area contributed by atoms with Crippen LogP contribution in [-0.2, 0) is 14.3 Å². The van der Waals surface area contributed by atoms with Crippen molar-refractivity contribution in [3.05, 3.63) is 0 Å². The molecule has 0 spiro atoms. The van der Waals surface area contributed by atoms with Gasteiger partial charge in [-0.2, -0.15) is 13.2 Å². The van der Waals surface area contributed by atoms with Gasteiger partial charge in [0.2, 0.25) is 5.91 Å². The van der Waals surface area contributed by atoms with E-state index in [1.54, 1.807) is 6.92 Å². The van der Waals surface area contributed by atoms with E-state index in [9.17, 15) is 22.8 Å². The number of carbonyl (C=O) groups is 2. The number of halogens is 3. The second kappa shape index (κ2) is 7.10. The highest BCUT2D eigenvalue weighted by molar-refractivity contribution is 5.78. The van der Waals surface area contributed by atoms with Crippen molar-refractivity contribution in [2.24, 2.45) is 5.92 Å². The summed E-state index contributed by atoms with van der Waals surface area (Å²) in [7, 11) is 0. The fourth-order valence-corrected chi connectivity index (χ4v) is 0.954. The first-order chi connectivity index (χ1) is 7.76. The molecule has 0 radical (unpaired) electrons. The van der Waals surface area contributed by atoms with E-state index in [1.807, 2.05) is 0 Å². The molecule has 2 N–H and O–H groups in total. The normalized spacial score (nSPS) is 13.2. The van der Waals surface area contributed by atoms with Crippen LogP contribution in [0.15, 0.2) is 0 Å². The van der Waals surface area contributed by atoms with Crippen LogP contribution in [0.4, 0.5) is 13.2 Å². The van der Waals surface area contributed by atoms with E-state index in [1.165, 1.54) is 0 Å². The molecule has 100 valence electrons. The SMILES string of the molecule is CCC(CNC(=O)COCC(F)(F)F)C(=O)O. The lowest BCUT2D eigenvalue weighted by atomic mass is 10.1. The Labute approximate surface area is 95.9 Å². The van der Waals surface area contributed by atoms with Gasteiger partial charge in [-0.15, -0.1) is 0 Å². The van der Waals surface area contributed by atoms with Crippen molar-refractivity contribution in [2.45, 2.75) is 19.5 Å². The summed E-state index contributed by atoms with van der Waals surface area (Å²) in [4.78, 5) is 21.5. The number of alkyl halides is 3. The third-order valence-corrected chi connectivity index (χ3v) is 1.89. The molecule has 0 aromatic heterocycles. The molecule has 17 heavy (non-hydrogen) atoms. The molecule has 0 fully saturated rings. The fourth-order valence-electron chi connectivity index (χ4n) is 0.954. The van der Waals surface area contributed by atoms with Crippen molar-refractivity contribution >= 4 is 11.9 Å². The number of nitrogens with one attached hydrogen (secondary N) is 1. The molecule has 0 aromatic carbocycles. The molecule has 0 bridgehead atoms. The number of hydrogen-bond donors (Lipinski definition) is 2. The van der Waals surface area contributed by atoms with Crippen LogP contribution in [0.2, 0.25) is 0 Å². The Kier molecular flexibility index (Phi) is 6.55. The standard InChI is InChI=1S/C9H14F3NO4/c1-2-6(8(15)16)3-13-7(14)4-17-5-9(10,11)12/h6H,2-5H2,1H3,(H,13,14)(H,15,16). The first kappa shape index (κ1) is 15.7. The Hall–Kier alpha value is -1.31. The highest BCUT2D eigenvalue weighted by atomic mass is 19.4. The van der Waals surface area contributed by atoms with Gasteiger partial charge in [0.15, 0.2) is 0 Å². The van der Waals surface area contributed by atoms with Gasteiger partial charge in [0.25, 0.3) is 0 Å². The number of amides is 1. The highest BCUT2D eigenvalue weighted by Crippen LogP contribution is 2.14. The molecule has 1 unspecified atom stereocenters. The Morgan fingerprint density at radius 2 is 2.00 bits per heavy atom. The topological polar surface area (TPSA) is 75.6 Å². The van der Waals surface area contributed by atoms with Gasteiger partial charge in [0.05, 0.1) is 5.92 Å². The highest BCUT2D eigenvalue weighted by Gasteiger charge is 2.27. The summed E-state index contributed by atoms with van der Waals surface area (Å²) in [6.07, 6.45) is -4.16. The number of aliphatic carboxylic acids is 1. The van der Waals surface area contributed by atoms with Crippen molar-refractivity contribution in [1.29, 1.82) is 0 Å². The van der Waals surface area contributed by atoms with Gasteiger partial charge in [0, 0.05) is 6.54 Å². The molecule has 0 aliphatic rings. The third kappa shape index (κ3) is 8.49. The van der Waals surface area contributed by atoms with E-state index in [2.05, 4.69) is 10.1 Å². The summed E-state index contributed by atoms with van der Waals surface area (Å²) in [6, 6.07) is 0. The zero-order valence-corrected chi connectivity index (χ0v) is 9.21. The lowest BCUT2D eigenvalue weighted by Crippen LogP contribution is -2.35. The molecular weight excluding hydrogens is 243 g/mol. The molecule has 1 atom stereocenters. The molecule has 0 aliphatic heterocycles. The molecular formula is C9H14F3NO4. The Morgan fingerprint density at radius 3 is 2.41 bits per heavy atom. The Morgan fingerprint density at radius 1 is 1.41 bits per heavy atom. The van der Waals surface area contributed by atoms with E-state index in [-0.39, 0.29) is 6.54 Å². The van der Waals surface area contributed by atoms with E-state index >= 15 is 0 Å². The van der Waals surface area contributed by atoms with Crippen LogP contribution < -0.4 is 5.32 Å². The number of hydrogen-bond acceptors (Lipinski definition) is 3. The van der Waals surface area contributed by atoms with Gasteiger partial charge in [-0.3, -0.25) is 9.59 Å². The third-order valence-electron chi connectivity index (χ3n) is 1.89. The lowest BCUT2D eigenvalue weighted by molar-refractivity contribution is -0.175. The zero-order chi connectivity index (χ0) is 13.5. The van der Waals surface area contributed by atoms with E-state index < -0.39 is 37.2 Å². The summed E-state index contributed by atoms with van der Waals surface area (Å²) >= 11 is 0. The average Bonchev–Trinajstić information content (AvgIpc) is 2.16. The smallest absolute Gasteiger partial charge is 0.411 e. The number of carbonyl (C=O) groups excluding carboxylic acids is 1. The largest absolute Gasteiger partial charge is 0.481 e. The van der Waals surface area contributed by atoms with Gasteiger partial charge >= 0.3 is 12.1 Å². The number of rotatable bonds is 7. The second-order valence-electron chi connectivity index (χ2n) is 3.36. The minimum atomic E-state index is -4.48. The number of carboxylic acids is 1. The van der Waals surface area contributed by atoms with Crippen LogP contribution in [0.5, 0.6) is 0 Å². The molecule has 0 aliphatic carbocycles. The molecule has 0 saturated carbocycles. The molecule has 0 saturated heterocycles.